The van der Waals surface area contributed by atoms with Gasteiger partial charge in [-0.1, -0.05) is 6.07 Å². The molecule has 116 valence electrons. The average Bonchev–Trinajstić information content (AvgIpc) is 3.38. The largest absolute Gasteiger partial charge is 0.292 e. The quantitative estimate of drug-likeness (QED) is 0.851. The van der Waals surface area contributed by atoms with Gasteiger partial charge in [-0.3, -0.25) is 14.1 Å². The molecule has 1 atom stereocenters. The summed E-state index contributed by atoms with van der Waals surface area (Å²) in [5, 5.41) is 0. The van der Waals surface area contributed by atoms with E-state index in [4.69, 9.17) is 4.98 Å². The topological polar surface area (TPSA) is 37.6 Å². The Labute approximate surface area is 130 Å². The van der Waals surface area contributed by atoms with Gasteiger partial charge in [-0.05, 0) is 57.1 Å². The summed E-state index contributed by atoms with van der Waals surface area (Å²) in [4.78, 5) is 19.7. The highest BCUT2D eigenvalue weighted by Gasteiger charge is 2.39. The van der Waals surface area contributed by atoms with Gasteiger partial charge < -0.3 is 0 Å². The normalized spacial score (nSPS) is 19.8. The van der Waals surface area contributed by atoms with Crippen molar-refractivity contribution in [2.24, 2.45) is 5.92 Å². The summed E-state index contributed by atoms with van der Waals surface area (Å²) in [5.41, 5.74) is 2.78. The lowest BCUT2D eigenvalue weighted by atomic mass is 10.1. The fourth-order valence-corrected chi connectivity index (χ4v) is 3.44. The van der Waals surface area contributed by atoms with E-state index in [1.807, 2.05) is 19.1 Å². The molecule has 4 heteroatoms. The van der Waals surface area contributed by atoms with Gasteiger partial charge >= 0.3 is 0 Å². The number of aryl methyl sites for hydroxylation is 1. The SMILES string of the molecule is Cc1cccn2c(=O)cc(CN(C3CC3)[C@H](C)C3CC3)nc12. The number of hydrogen-bond acceptors (Lipinski definition) is 3. The number of aromatic nitrogens is 2. The van der Waals surface area contributed by atoms with E-state index < -0.39 is 0 Å². The Hall–Kier alpha value is -1.68. The predicted molar refractivity (Wildman–Crippen MR) is 87.0 cm³/mol. The van der Waals surface area contributed by atoms with Gasteiger partial charge in [0.1, 0.15) is 5.65 Å². The standard InChI is InChI=1S/C18H23N3O/c1-12-4-3-9-20-17(22)10-15(19-18(12)20)11-21(16-7-8-16)13(2)14-5-6-14/h3-4,9-10,13-14,16H,5-8,11H2,1-2H3/t13-/m1/s1. The van der Waals surface area contributed by atoms with Crippen molar-refractivity contribution in [3.05, 3.63) is 46.0 Å². The van der Waals surface area contributed by atoms with Crippen molar-refractivity contribution in [2.75, 3.05) is 0 Å². The molecular formula is C18H23N3O. The smallest absolute Gasteiger partial charge is 0.258 e. The number of hydrogen-bond donors (Lipinski definition) is 0. The second kappa shape index (κ2) is 5.20. The average molecular weight is 297 g/mol. The van der Waals surface area contributed by atoms with Crippen LogP contribution in [-0.4, -0.2) is 26.4 Å². The van der Waals surface area contributed by atoms with E-state index in [2.05, 4.69) is 11.8 Å². The van der Waals surface area contributed by atoms with E-state index in [0.717, 1.165) is 29.4 Å². The molecule has 2 aliphatic carbocycles. The molecule has 0 bridgehead atoms. The van der Waals surface area contributed by atoms with E-state index in [-0.39, 0.29) is 5.56 Å². The van der Waals surface area contributed by atoms with Gasteiger partial charge in [0.25, 0.3) is 5.56 Å². The van der Waals surface area contributed by atoms with Crippen LogP contribution in [0.15, 0.2) is 29.2 Å². The van der Waals surface area contributed by atoms with Crippen LogP contribution in [0.25, 0.3) is 5.65 Å². The zero-order valence-corrected chi connectivity index (χ0v) is 13.3. The van der Waals surface area contributed by atoms with Crippen molar-refractivity contribution >= 4 is 5.65 Å². The van der Waals surface area contributed by atoms with Crippen LogP contribution in [0.1, 0.15) is 43.9 Å². The minimum Gasteiger partial charge on any atom is -0.292 e. The van der Waals surface area contributed by atoms with Crippen LogP contribution >= 0.6 is 0 Å². The molecule has 0 saturated heterocycles. The highest BCUT2D eigenvalue weighted by Crippen LogP contribution is 2.40. The maximum Gasteiger partial charge on any atom is 0.258 e. The number of pyridine rings is 1. The van der Waals surface area contributed by atoms with Crippen molar-refractivity contribution in [1.82, 2.24) is 14.3 Å². The first kappa shape index (κ1) is 13.9. The van der Waals surface area contributed by atoms with Crippen LogP contribution in [0, 0.1) is 12.8 Å². The molecule has 0 spiro atoms. The Morgan fingerprint density at radius 1 is 1.36 bits per heavy atom. The molecule has 22 heavy (non-hydrogen) atoms. The van der Waals surface area contributed by atoms with Crippen LogP contribution in [0.4, 0.5) is 0 Å². The van der Waals surface area contributed by atoms with Crippen LogP contribution in [-0.2, 0) is 6.54 Å². The molecule has 0 unspecified atom stereocenters. The number of rotatable bonds is 5. The molecule has 2 heterocycles. The van der Waals surface area contributed by atoms with Gasteiger partial charge in [0.05, 0.1) is 5.69 Å². The first-order valence-corrected chi connectivity index (χ1v) is 8.37. The summed E-state index contributed by atoms with van der Waals surface area (Å²) in [6, 6.07) is 6.94. The third-order valence-corrected chi connectivity index (χ3v) is 5.13. The van der Waals surface area contributed by atoms with Crippen LogP contribution < -0.4 is 5.56 Å². The summed E-state index contributed by atoms with van der Waals surface area (Å²) in [6.45, 7) is 5.16. The van der Waals surface area contributed by atoms with Gasteiger partial charge in [0.15, 0.2) is 0 Å². The number of nitrogens with zero attached hydrogens (tertiary/aromatic N) is 3. The van der Waals surface area contributed by atoms with Gasteiger partial charge in [0, 0.05) is 30.9 Å². The maximum absolute atomic E-state index is 12.3. The molecule has 0 N–H and O–H groups in total. The first-order valence-electron chi connectivity index (χ1n) is 8.37. The first-order chi connectivity index (χ1) is 10.6. The van der Waals surface area contributed by atoms with Crippen molar-refractivity contribution in [3.8, 4) is 0 Å². The number of fused-ring (bicyclic) bond motifs is 1. The van der Waals surface area contributed by atoms with Crippen LogP contribution in [0.2, 0.25) is 0 Å². The zero-order chi connectivity index (χ0) is 15.3. The third kappa shape index (κ3) is 2.56. The Kier molecular flexibility index (Phi) is 3.30. The zero-order valence-electron chi connectivity index (χ0n) is 13.3. The van der Waals surface area contributed by atoms with Crippen LogP contribution in [0.3, 0.4) is 0 Å². The molecule has 0 amide bonds. The van der Waals surface area contributed by atoms with E-state index >= 15 is 0 Å². The summed E-state index contributed by atoms with van der Waals surface area (Å²) in [5.74, 6) is 0.851. The lowest BCUT2D eigenvalue weighted by Crippen LogP contribution is -2.36. The van der Waals surface area contributed by atoms with E-state index in [1.54, 1.807) is 16.7 Å². The molecule has 2 aromatic rings. The second-order valence-electron chi connectivity index (χ2n) is 6.95. The van der Waals surface area contributed by atoms with Crippen molar-refractivity contribution in [1.29, 1.82) is 0 Å². The van der Waals surface area contributed by atoms with Gasteiger partial charge in [-0.2, -0.15) is 0 Å². The molecule has 4 rings (SSSR count). The molecular weight excluding hydrogens is 274 g/mol. The predicted octanol–water partition coefficient (Wildman–Crippen LogP) is 2.77. The summed E-state index contributed by atoms with van der Waals surface area (Å²) in [6.07, 6.45) is 7.10. The fourth-order valence-electron chi connectivity index (χ4n) is 3.44. The molecule has 2 aliphatic rings. The molecule has 0 radical (unpaired) electrons. The fraction of sp³-hybridized carbons (Fsp3) is 0.556. The molecule has 4 nitrogen and oxygen atoms in total. The lowest BCUT2D eigenvalue weighted by molar-refractivity contribution is 0.168. The van der Waals surface area contributed by atoms with Gasteiger partial charge in [-0.25, -0.2) is 4.98 Å². The lowest BCUT2D eigenvalue weighted by Gasteiger charge is -2.29. The molecule has 2 saturated carbocycles. The molecule has 0 aliphatic heterocycles. The van der Waals surface area contributed by atoms with Crippen molar-refractivity contribution in [3.63, 3.8) is 0 Å². The maximum atomic E-state index is 12.3. The van der Waals surface area contributed by atoms with Crippen molar-refractivity contribution < 1.29 is 0 Å². The molecule has 2 aromatic heterocycles. The highest BCUT2D eigenvalue weighted by molar-refractivity contribution is 5.46. The summed E-state index contributed by atoms with van der Waals surface area (Å²) < 4.78 is 1.64. The van der Waals surface area contributed by atoms with E-state index in [1.165, 1.54) is 25.7 Å². The summed E-state index contributed by atoms with van der Waals surface area (Å²) >= 11 is 0. The molecule has 0 aromatic carbocycles. The van der Waals surface area contributed by atoms with E-state index in [0.29, 0.717) is 12.1 Å². The second-order valence-corrected chi connectivity index (χ2v) is 6.95. The van der Waals surface area contributed by atoms with Gasteiger partial charge in [0.2, 0.25) is 0 Å². The Balaban J connectivity index is 1.68. The van der Waals surface area contributed by atoms with Crippen LogP contribution in [0.5, 0.6) is 0 Å². The Bertz CT molecular complexity index is 759. The summed E-state index contributed by atoms with van der Waals surface area (Å²) in [7, 11) is 0. The monoisotopic (exact) mass is 297 g/mol. The minimum atomic E-state index is 0.0264. The Morgan fingerprint density at radius 2 is 2.14 bits per heavy atom. The molecule has 2 fully saturated rings. The Morgan fingerprint density at radius 3 is 2.82 bits per heavy atom. The third-order valence-electron chi connectivity index (χ3n) is 5.13. The van der Waals surface area contributed by atoms with Crippen molar-refractivity contribution in [2.45, 2.75) is 58.2 Å². The van der Waals surface area contributed by atoms with E-state index in [9.17, 15) is 4.79 Å². The highest BCUT2D eigenvalue weighted by atomic mass is 16.1. The van der Waals surface area contributed by atoms with Gasteiger partial charge in [-0.15, -0.1) is 0 Å². The minimum absolute atomic E-state index is 0.0264.